The van der Waals surface area contributed by atoms with Crippen molar-refractivity contribution in [3.8, 4) is 11.4 Å². The maximum absolute atomic E-state index is 11.8. The number of nitrogens with zero attached hydrogens (tertiary/aromatic N) is 4. The first-order valence-electron chi connectivity index (χ1n) is 7.63. The zero-order valence-electron chi connectivity index (χ0n) is 12.6. The summed E-state index contributed by atoms with van der Waals surface area (Å²) in [5.74, 6) is 0.479. The molecule has 8 heteroatoms. The van der Waals surface area contributed by atoms with E-state index in [1.54, 1.807) is 12.1 Å². The highest BCUT2D eigenvalue weighted by atomic mass is 35.5. The topological polar surface area (TPSA) is 81.9 Å². The minimum Gasteiger partial charge on any atom is -0.376 e. The summed E-state index contributed by atoms with van der Waals surface area (Å²) in [6.07, 6.45) is 2.54. The molecule has 2 heterocycles. The Morgan fingerprint density at radius 2 is 2.22 bits per heavy atom. The van der Waals surface area contributed by atoms with E-state index in [1.165, 1.54) is 4.80 Å². The van der Waals surface area contributed by atoms with Crippen molar-refractivity contribution >= 4 is 17.5 Å². The predicted molar refractivity (Wildman–Crippen MR) is 84.9 cm³/mol. The number of amides is 1. The van der Waals surface area contributed by atoms with Crippen molar-refractivity contribution in [2.24, 2.45) is 0 Å². The number of ether oxygens (including phenoxy) is 1. The fourth-order valence-electron chi connectivity index (χ4n) is 2.38. The molecule has 1 saturated heterocycles. The number of nitrogens with one attached hydrogen (secondary N) is 1. The zero-order valence-corrected chi connectivity index (χ0v) is 13.4. The monoisotopic (exact) mass is 335 g/mol. The number of aryl methyl sites for hydroxylation is 1. The second-order valence-corrected chi connectivity index (χ2v) is 5.84. The Bertz CT molecular complexity index is 652. The van der Waals surface area contributed by atoms with Crippen LogP contribution in [0.15, 0.2) is 24.3 Å². The van der Waals surface area contributed by atoms with Gasteiger partial charge in [0.05, 0.1) is 12.6 Å². The fraction of sp³-hybridized carbons (Fsp3) is 0.467. The number of hydrogen-bond acceptors (Lipinski definition) is 5. The fourth-order valence-corrected chi connectivity index (χ4v) is 2.50. The van der Waals surface area contributed by atoms with Gasteiger partial charge >= 0.3 is 0 Å². The van der Waals surface area contributed by atoms with Crippen LogP contribution in [0.4, 0.5) is 0 Å². The van der Waals surface area contributed by atoms with Gasteiger partial charge in [0, 0.05) is 30.2 Å². The molecule has 2 aromatic rings. The molecular formula is C15H18ClN5O2. The Balaban J connectivity index is 1.47. The molecule has 122 valence electrons. The third kappa shape index (κ3) is 4.49. The number of hydrogen-bond donors (Lipinski definition) is 1. The Hall–Kier alpha value is -1.99. The van der Waals surface area contributed by atoms with Crippen molar-refractivity contribution in [2.45, 2.75) is 31.9 Å². The maximum Gasteiger partial charge on any atom is 0.222 e. The molecule has 3 rings (SSSR count). The predicted octanol–water partition coefficient (Wildman–Crippen LogP) is 1.68. The van der Waals surface area contributed by atoms with Crippen LogP contribution in [0.2, 0.25) is 5.02 Å². The van der Waals surface area contributed by atoms with E-state index >= 15 is 0 Å². The number of benzene rings is 1. The Morgan fingerprint density at radius 1 is 1.39 bits per heavy atom. The molecule has 1 unspecified atom stereocenters. The summed E-state index contributed by atoms with van der Waals surface area (Å²) < 4.78 is 5.46. The van der Waals surface area contributed by atoms with E-state index in [1.807, 2.05) is 12.1 Å². The average molecular weight is 336 g/mol. The molecule has 1 amide bonds. The standard InChI is InChI=1S/C15H18ClN5O2/c16-12-5-3-11(4-6-12)15-18-20-21(19-15)8-7-14(22)17-10-13-2-1-9-23-13/h3-6,13H,1-2,7-10H2,(H,17,22). The van der Waals surface area contributed by atoms with Crippen LogP contribution >= 0.6 is 11.6 Å². The lowest BCUT2D eigenvalue weighted by molar-refractivity contribution is -0.121. The number of carbonyl (C=O) groups is 1. The minimum absolute atomic E-state index is 0.0363. The minimum atomic E-state index is -0.0363. The van der Waals surface area contributed by atoms with Gasteiger partial charge in [0.15, 0.2) is 0 Å². The van der Waals surface area contributed by atoms with E-state index in [0.717, 1.165) is 25.0 Å². The number of rotatable bonds is 6. The lowest BCUT2D eigenvalue weighted by Crippen LogP contribution is -2.32. The van der Waals surface area contributed by atoms with Crippen LogP contribution in [0, 0.1) is 0 Å². The van der Waals surface area contributed by atoms with Gasteiger partial charge in [-0.3, -0.25) is 4.79 Å². The molecule has 1 aliphatic rings. The van der Waals surface area contributed by atoms with Crippen molar-refractivity contribution in [1.82, 2.24) is 25.5 Å². The molecule has 0 aliphatic carbocycles. The quantitative estimate of drug-likeness (QED) is 0.868. The van der Waals surface area contributed by atoms with Crippen molar-refractivity contribution in [1.29, 1.82) is 0 Å². The molecule has 1 N–H and O–H groups in total. The molecule has 1 aliphatic heterocycles. The molecule has 1 atom stereocenters. The Kier molecular flexibility index (Phi) is 5.19. The van der Waals surface area contributed by atoms with Gasteiger partial charge in [0.1, 0.15) is 0 Å². The van der Waals surface area contributed by atoms with Gasteiger partial charge in [-0.15, -0.1) is 10.2 Å². The molecule has 7 nitrogen and oxygen atoms in total. The molecule has 0 radical (unpaired) electrons. The molecule has 1 fully saturated rings. The highest BCUT2D eigenvalue weighted by Crippen LogP contribution is 2.17. The van der Waals surface area contributed by atoms with Crippen LogP contribution in [-0.4, -0.2) is 45.4 Å². The summed E-state index contributed by atoms with van der Waals surface area (Å²) in [6.45, 7) is 1.74. The van der Waals surface area contributed by atoms with Crippen molar-refractivity contribution in [2.75, 3.05) is 13.2 Å². The van der Waals surface area contributed by atoms with E-state index < -0.39 is 0 Å². The van der Waals surface area contributed by atoms with Crippen molar-refractivity contribution in [3.63, 3.8) is 0 Å². The molecule has 0 spiro atoms. The summed E-state index contributed by atoms with van der Waals surface area (Å²) in [7, 11) is 0. The third-order valence-corrected chi connectivity index (χ3v) is 3.90. The maximum atomic E-state index is 11.8. The highest BCUT2D eigenvalue weighted by Gasteiger charge is 2.16. The normalized spacial score (nSPS) is 17.3. The van der Waals surface area contributed by atoms with Crippen LogP contribution in [0.25, 0.3) is 11.4 Å². The molecule has 1 aromatic heterocycles. The van der Waals surface area contributed by atoms with E-state index in [-0.39, 0.29) is 12.0 Å². The second kappa shape index (κ2) is 7.52. The lowest BCUT2D eigenvalue weighted by atomic mass is 10.2. The van der Waals surface area contributed by atoms with Gasteiger partial charge in [-0.05, 0) is 42.3 Å². The largest absolute Gasteiger partial charge is 0.376 e. The highest BCUT2D eigenvalue weighted by molar-refractivity contribution is 6.30. The molecule has 1 aromatic carbocycles. The van der Waals surface area contributed by atoms with Gasteiger partial charge in [-0.25, -0.2) is 0 Å². The van der Waals surface area contributed by atoms with Crippen LogP contribution in [0.3, 0.4) is 0 Å². The first-order chi connectivity index (χ1) is 11.2. The number of tetrazole rings is 1. The Labute approximate surface area is 139 Å². The van der Waals surface area contributed by atoms with Gasteiger partial charge in [0.2, 0.25) is 11.7 Å². The molecule has 0 bridgehead atoms. The van der Waals surface area contributed by atoms with Crippen LogP contribution in [0.5, 0.6) is 0 Å². The molecule has 23 heavy (non-hydrogen) atoms. The summed E-state index contributed by atoms with van der Waals surface area (Å²) in [4.78, 5) is 13.2. The smallest absolute Gasteiger partial charge is 0.222 e. The van der Waals surface area contributed by atoms with Crippen molar-refractivity contribution < 1.29 is 9.53 Å². The lowest BCUT2D eigenvalue weighted by Gasteiger charge is -2.10. The summed E-state index contributed by atoms with van der Waals surface area (Å²) in [5.41, 5.74) is 0.837. The SMILES string of the molecule is O=C(CCn1nnc(-c2ccc(Cl)cc2)n1)NCC1CCCO1. The number of halogens is 1. The van der Waals surface area contributed by atoms with Crippen LogP contribution in [-0.2, 0) is 16.1 Å². The average Bonchev–Trinajstić information content (AvgIpc) is 3.23. The van der Waals surface area contributed by atoms with Crippen LogP contribution < -0.4 is 5.32 Å². The second-order valence-electron chi connectivity index (χ2n) is 5.40. The molecular weight excluding hydrogens is 318 g/mol. The van der Waals surface area contributed by atoms with Gasteiger partial charge in [-0.1, -0.05) is 11.6 Å². The van der Waals surface area contributed by atoms with E-state index in [4.69, 9.17) is 16.3 Å². The first kappa shape index (κ1) is 15.9. The van der Waals surface area contributed by atoms with Gasteiger partial charge in [0.25, 0.3) is 0 Å². The Morgan fingerprint density at radius 3 is 2.96 bits per heavy atom. The number of carbonyl (C=O) groups excluding carboxylic acids is 1. The zero-order chi connectivity index (χ0) is 16.1. The third-order valence-electron chi connectivity index (χ3n) is 3.65. The van der Waals surface area contributed by atoms with Gasteiger partial charge in [-0.2, -0.15) is 4.80 Å². The number of aromatic nitrogens is 4. The summed E-state index contributed by atoms with van der Waals surface area (Å²) in [6, 6.07) is 7.21. The summed E-state index contributed by atoms with van der Waals surface area (Å²) in [5, 5.41) is 15.7. The van der Waals surface area contributed by atoms with E-state index in [2.05, 4.69) is 20.7 Å². The summed E-state index contributed by atoms with van der Waals surface area (Å²) >= 11 is 5.85. The first-order valence-corrected chi connectivity index (χ1v) is 8.00. The van der Waals surface area contributed by atoms with Crippen LogP contribution in [0.1, 0.15) is 19.3 Å². The molecule has 0 saturated carbocycles. The van der Waals surface area contributed by atoms with Crippen molar-refractivity contribution in [3.05, 3.63) is 29.3 Å². The van der Waals surface area contributed by atoms with E-state index in [0.29, 0.717) is 30.4 Å². The van der Waals surface area contributed by atoms with E-state index in [9.17, 15) is 4.79 Å². The van der Waals surface area contributed by atoms with Gasteiger partial charge < -0.3 is 10.1 Å².